The van der Waals surface area contributed by atoms with E-state index in [1.54, 1.807) is 12.5 Å². The molecule has 0 saturated heterocycles. The van der Waals surface area contributed by atoms with E-state index in [-0.39, 0.29) is 0 Å². The summed E-state index contributed by atoms with van der Waals surface area (Å²) in [7, 11) is 0. The van der Waals surface area contributed by atoms with Crippen molar-refractivity contribution >= 4 is 6.29 Å². The molecule has 2 aromatic rings. The van der Waals surface area contributed by atoms with E-state index in [9.17, 15) is 4.79 Å². The zero-order valence-corrected chi connectivity index (χ0v) is 7.63. The van der Waals surface area contributed by atoms with Gasteiger partial charge in [0.15, 0.2) is 6.29 Å². The maximum atomic E-state index is 10.4. The zero-order chi connectivity index (χ0) is 9.80. The molecular formula is C11H10N2O. The summed E-state index contributed by atoms with van der Waals surface area (Å²) >= 11 is 0. The summed E-state index contributed by atoms with van der Waals surface area (Å²) in [6.07, 6.45) is 4.15. The van der Waals surface area contributed by atoms with Gasteiger partial charge in [0.25, 0.3) is 0 Å². The minimum atomic E-state index is 0.473. The van der Waals surface area contributed by atoms with Crippen LogP contribution in [0, 0.1) is 0 Å². The summed E-state index contributed by atoms with van der Waals surface area (Å²) in [5.74, 6) is 0. The molecule has 1 aromatic heterocycles. The van der Waals surface area contributed by atoms with Crippen LogP contribution in [-0.2, 0) is 6.54 Å². The van der Waals surface area contributed by atoms with Gasteiger partial charge in [-0.1, -0.05) is 30.3 Å². The molecule has 14 heavy (non-hydrogen) atoms. The van der Waals surface area contributed by atoms with Gasteiger partial charge in [-0.2, -0.15) is 0 Å². The third kappa shape index (κ3) is 1.88. The van der Waals surface area contributed by atoms with Crippen molar-refractivity contribution in [3.63, 3.8) is 0 Å². The highest BCUT2D eigenvalue weighted by Gasteiger charge is 1.97. The van der Waals surface area contributed by atoms with Crippen molar-refractivity contribution in [1.82, 2.24) is 9.55 Å². The van der Waals surface area contributed by atoms with Crippen molar-refractivity contribution in [2.75, 3.05) is 0 Å². The lowest BCUT2D eigenvalue weighted by atomic mass is 10.2. The molecule has 1 aromatic carbocycles. The topological polar surface area (TPSA) is 34.9 Å². The van der Waals surface area contributed by atoms with Crippen molar-refractivity contribution in [2.24, 2.45) is 0 Å². The van der Waals surface area contributed by atoms with Gasteiger partial charge < -0.3 is 4.57 Å². The van der Waals surface area contributed by atoms with Crippen molar-refractivity contribution in [3.05, 3.63) is 54.1 Å². The van der Waals surface area contributed by atoms with Gasteiger partial charge in [0.1, 0.15) is 5.69 Å². The molecule has 0 bridgehead atoms. The van der Waals surface area contributed by atoms with E-state index in [2.05, 4.69) is 4.98 Å². The van der Waals surface area contributed by atoms with Gasteiger partial charge in [0.05, 0.1) is 6.33 Å². The summed E-state index contributed by atoms with van der Waals surface area (Å²) in [5, 5.41) is 0. The minimum Gasteiger partial charge on any atom is -0.332 e. The summed E-state index contributed by atoms with van der Waals surface area (Å²) < 4.78 is 1.89. The lowest BCUT2D eigenvalue weighted by molar-refractivity contribution is 0.111. The molecule has 0 aliphatic heterocycles. The van der Waals surface area contributed by atoms with E-state index < -0.39 is 0 Å². The second kappa shape index (κ2) is 3.87. The third-order valence-corrected chi connectivity index (χ3v) is 1.98. The number of imidazole rings is 1. The van der Waals surface area contributed by atoms with Crippen LogP contribution < -0.4 is 0 Å². The number of hydrogen-bond donors (Lipinski definition) is 0. The molecule has 0 amide bonds. The number of carbonyl (C=O) groups excluding carboxylic acids is 1. The lowest BCUT2D eigenvalue weighted by Crippen LogP contribution is -1.95. The number of aromatic nitrogens is 2. The molecule has 1 heterocycles. The maximum Gasteiger partial charge on any atom is 0.169 e. The molecule has 2 rings (SSSR count). The van der Waals surface area contributed by atoms with Crippen LogP contribution in [0.5, 0.6) is 0 Å². The molecule has 0 fully saturated rings. The molecule has 0 aliphatic carbocycles. The van der Waals surface area contributed by atoms with Crippen LogP contribution in [0.15, 0.2) is 42.9 Å². The van der Waals surface area contributed by atoms with E-state index in [4.69, 9.17) is 0 Å². The average molecular weight is 186 g/mol. The van der Waals surface area contributed by atoms with Gasteiger partial charge in [-0.05, 0) is 5.56 Å². The number of hydrogen-bond acceptors (Lipinski definition) is 2. The predicted molar refractivity (Wildman–Crippen MR) is 53.2 cm³/mol. The Hall–Kier alpha value is -1.90. The van der Waals surface area contributed by atoms with Crippen molar-refractivity contribution < 1.29 is 4.79 Å². The van der Waals surface area contributed by atoms with Crippen LogP contribution in [0.4, 0.5) is 0 Å². The molecule has 0 N–H and O–H groups in total. The second-order valence-electron chi connectivity index (χ2n) is 3.07. The fourth-order valence-corrected chi connectivity index (χ4v) is 1.32. The Kier molecular flexibility index (Phi) is 2.40. The molecule has 0 unspecified atom stereocenters. The number of benzene rings is 1. The molecule has 70 valence electrons. The van der Waals surface area contributed by atoms with Crippen LogP contribution in [0.3, 0.4) is 0 Å². The Labute approximate surface area is 82.0 Å². The van der Waals surface area contributed by atoms with E-state index >= 15 is 0 Å². The van der Waals surface area contributed by atoms with Gasteiger partial charge in [0.2, 0.25) is 0 Å². The molecule has 3 nitrogen and oxygen atoms in total. The van der Waals surface area contributed by atoms with Crippen molar-refractivity contribution in [1.29, 1.82) is 0 Å². The van der Waals surface area contributed by atoms with E-state index in [1.807, 2.05) is 34.9 Å². The lowest BCUT2D eigenvalue weighted by Gasteiger charge is -2.00. The van der Waals surface area contributed by atoms with Crippen LogP contribution in [-0.4, -0.2) is 15.8 Å². The SMILES string of the molecule is O=Cc1cn(Cc2ccccc2)cn1. The molecule has 0 spiro atoms. The van der Waals surface area contributed by atoms with Gasteiger partial charge in [-0.15, -0.1) is 0 Å². The summed E-state index contributed by atoms with van der Waals surface area (Å²) in [6.45, 7) is 0.752. The van der Waals surface area contributed by atoms with E-state index in [1.165, 1.54) is 5.56 Å². The fourth-order valence-electron chi connectivity index (χ4n) is 1.32. The predicted octanol–water partition coefficient (Wildman–Crippen LogP) is 1.74. The monoisotopic (exact) mass is 186 g/mol. The minimum absolute atomic E-state index is 0.473. The second-order valence-corrected chi connectivity index (χ2v) is 3.07. The first kappa shape index (κ1) is 8.69. The van der Waals surface area contributed by atoms with Crippen molar-refractivity contribution in [2.45, 2.75) is 6.54 Å². The van der Waals surface area contributed by atoms with Gasteiger partial charge in [-0.25, -0.2) is 4.98 Å². The number of carbonyl (C=O) groups is 1. The zero-order valence-electron chi connectivity index (χ0n) is 7.63. The fraction of sp³-hybridized carbons (Fsp3) is 0.0909. The van der Waals surface area contributed by atoms with E-state index in [0.29, 0.717) is 5.69 Å². The maximum absolute atomic E-state index is 10.4. The normalized spacial score (nSPS) is 10.0. The first-order chi connectivity index (χ1) is 6.88. The standard InChI is InChI=1S/C11H10N2O/c14-8-11-7-13(9-12-11)6-10-4-2-1-3-5-10/h1-5,7-9H,6H2. The number of aldehydes is 1. The molecule has 3 heteroatoms. The highest BCUT2D eigenvalue weighted by molar-refractivity contribution is 5.70. The Morgan fingerprint density at radius 2 is 2.07 bits per heavy atom. The quantitative estimate of drug-likeness (QED) is 0.684. The van der Waals surface area contributed by atoms with Gasteiger partial charge in [-0.3, -0.25) is 4.79 Å². The highest BCUT2D eigenvalue weighted by atomic mass is 16.1. The number of nitrogens with zero attached hydrogens (tertiary/aromatic N) is 2. The Morgan fingerprint density at radius 1 is 1.29 bits per heavy atom. The van der Waals surface area contributed by atoms with Crippen LogP contribution in [0.25, 0.3) is 0 Å². The molecule has 0 radical (unpaired) electrons. The summed E-state index contributed by atoms with van der Waals surface area (Å²) in [4.78, 5) is 14.3. The molecule has 0 saturated carbocycles. The Morgan fingerprint density at radius 3 is 2.71 bits per heavy atom. The summed E-state index contributed by atoms with van der Waals surface area (Å²) in [6, 6.07) is 10.1. The average Bonchev–Trinajstić information content (AvgIpc) is 2.67. The Bertz CT molecular complexity index is 420. The molecular weight excluding hydrogens is 176 g/mol. The first-order valence-electron chi connectivity index (χ1n) is 4.39. The molecule has 0 aliphatic rings. The first-order valence-corrected chi connectivity index (χ1v) is 4.39. The van der Waals surface area contributed by atoms with Gasteiger partial charge in [0, 0.05) is 12.7 Å². The largest absolute Gasteiger partial charge is 0.332 e. The van der Waals surface area contributed by atoms with Crippen molar-refractivity contribution in [3.8, 4) is 0 Å². The van der Waals surface area contributed by atoms with Crippen LogP contribution in [0.1, 0.15) is 16.1 Å². The Balaban J connectivity index is 2.15. The summed E-state index contributed by atoms with van der Waals surface area (Å²) in [5.41, 5.74) is 1.67. The van der Waals surface area contributed by atoms with E-state index in [0.717, 1.165) is 12.8 Å². The van der Waals surface area contributed by atoms with Crippen LogP contribution in [0.2, 0.25) is 0 Å². The number of rotatable bonds is 3. The van der Waals surface area contributed by atoms with Crippen LogP contribution >= 0.6 is 0 Å². The smallest absolute Gasteiger partial charge is 0.169 e. The third-order valence-electron chi connectivity index (χ3n) is 1.98. The van der Waals surface area contributed by atoms with Gasteiger partial charge >= 0.3 is 0 Å². The highest BCUT2D eigenvalue weighted by Crippen LogP contribution is 2.02. The molecule has 0 atom stereocenters.